The summed E-state index contributed by atoms with van der Waals surface area (Å²) in [5.74, 6) is 0. The highest BCUT2D eigenvalue weighted by Crippen LogP contribution is 2.32. The molecule has 0 aromatic carbocycles. The molecule has 2 rings (SSSR count). The second-order valence-corrected chi connectivity index (χ2v) is 6.74. The van der Waals surface area contributed by atoms with E-state index in [1.54, 1.807) is 0 Å². The summed E-state index contributed by atoms with van der Waals surface area (Å²) >= 11 is 0. The molecule has 0 radical (unpaired) electrons. The highest BCUT2D eigenvalue weighted by Gasteiger charge is 2.34. The predicted molar refractivity (Wildman–Crippen MR) is 80.5 cm³/mol. The molecule has 0 amide bonds. The van der Waals surface area contributed by atoms with E-state index in [4.69, 9.17) is 4.74 Å². The predicted octanol–water partition coefficient (Wildman–Crippen LogP) is 2.66. The molecule has 112 valence electrons. The minimum Gasteiger partial charge on any atom is -0.384 e. The van der Waals surface area contributed by atoms with Crippen LogP contribution in [0.25, 0.3) is 0 Å². The van der Waals surface area contributed by atoms with E-state index in [1.807, 2.05) is 7.11 Å². The molecular weight excluding hydrogens is 236 g/mol. The molecule has 19 heavy (non-hydrogen) atoms. The summed E-state index contributed by atoms with van der Waals surface area (Å²) in [6.45, 7) is 4.45. The zero-order valence-corrected chi connectivity index (χ0v) is 12.9. The van der Waals surface area contributed by atoms with E-state index in [0.717, 1.165) is 25.7 Å². The van der Waals surface area contributed by atoms with Crippen LogP contribution in [0.4, 0.5) is 0 Å². The Labute approximate surface area is 119 Å². The molecular formula is C16H32N2O. The molecule has 0 bridgehead atoms. The number of nitrogens with zero attached hydrogens (tertiary/aromatic N) is 1. The molecule has 3 nitrogen and oxygen atoms in total. The summed E-state index contributed by atoms with van der Waals surface area (Å²) in [6.07, 6.45) is 11.1. The van der Waals surface area contributed by atoms with E-state index in [-0.39, 0.29) is 0 Å². The SMILES string of the molecule is COCC1(CN(C)C2CCCCCC2)CCNCC1. The number of nitrogens with one attached hydrogen (secondary N) is 1. The van der Waals surface area contributed by atoms with Crippen molar-refractivity contribution >= 4 is 0 Å². The molecule has 1 saturated carbocycles. The summed E-state index contributed by atoms with van der Waals surface area (Å²) in [6, 6.07) is 0.811. The van der Waals surface area contributed by atoms with Crippen molar-refractivity contribution in [1.29, 1.82) is 0 Å². The Bertz CT molecular complexity index is 238. The number of hydrogen-bond donors (Lipinski definition) is 1. The normalized spacial score (nSPS) is 25.4. The van der Waals surface area contributed by atoms with Gasteiger partial charge in [-0.15, -0.1) is 0 Å². The van der Waals surface area contributed by atoms with E-state index < -0.39 is 0 Å². The van der Waals surface area contributed by atoms with Gasteiger partial charge in [-0.25, -0.2) is 0 Å². The van der Waals surface area contributed by atoms with Gasteiger partial charge in [0.15, 0.2) is 0 Å². The lowest BCUT2D eigenvalue weighted by Crippen LogP contribution is -2.48. The van der Waals surface area contributed by atoms with Gasteiger partial charge in [0.25, 0.3) is 0 Å². The highest BCUT2D eigenvalue weighted by molar-refractivity contribution is 4.88. The summed E-state index contributed by atoms with van der Waals surface area (Å²) in [4.78, 5) is 2.65. The van der Waals surface area contributed by atoms with Crippen LogP contribution in [0.2, 0.25) is 0 Å². The minimum atomic E-state index is 0.390. The molecule has 2 fully saturated rings. The van der Waals surface area contributed by atoms with Gasteiger partial charge < -0.3 is 15.0 Å². The van der Waals surface area contributed by atoms with Gasteiger partial charge in [0.2, 0.25) is 0 Å². The van der Waals surface area contributed by atoms with Crippen molar-refractivity contribution in [2.24, 2.45) is 5.41 Å². The monoisotopic (exact) mass is 268 g/mol. The molecule has 0 aromatic heterocycles. The maximum absolute atomic E-state index is 5.54. The fourth-order valence-corrected chi connectivity index (χ4v) is 3.97. The van der Waals surface area contributed by atoms with Gasteiger partial charge in [-0.2, -0.15) is 0 Å². The molecule has 1 N–H and O–H groups in total. The maximum Gasteiger partial charge on any atom is 0.0531 e. The summed E-state index contributed by atoms with van der Waals surface area (Å²) in [5, 5.41) is 3.49. The van der Waals surface area contributed by atoms with Gasteiger partial charge in [-0.1, -0.05) is 25.7 Å². The topological polar surface area (TPSA) is 24.5 Å². The maximum atomic E-state index is 5.54. The first kappa shape index (κ1) is 15.3. The minimum absolute atomic E-state index is 0.390. The lowest BCUT2D eigenvalue weighted by Gasteiger charge is -2.42. The van der Waals surface area contributed by atoms with Crippen molar-refractivity contribution in [2.75, 3.05) is 40.4 Å². The largest absolute Gasteiger partial charge is 0.384 e. The number of hydrogen-bond acceptors (Lipinski definition) is 3. The summed E-state index contributed by atoms with van der Waals surface area (Å²) in [5.41, 5.74) is 0.390. The fourth-order valence-electron chi connectivity index (χ4n) is 3.97. The Morgan fingerprint density at radius 2 is 1.74 bits per heavy atom. The Hall–Kier alpha value is -0.120. The summed E-state index contributed by atoms with van der Waals surface area (Å²) in [7, 11) is 4.20. The zero-order chi connectivity index (χ0) is 13.6. The Kier molecular flexibility index (Phi) is 6.11. The molecule has 0 unspecified atom stereocenters. The second kappa shape index (κ2) is 7.61. The first-order valence-corrected chi connectivity index (χ1v) is 8.16. The van der Waals surface area contributed by atoms with Gasteiger partial charge in [0, 0.05) is 25.1 Å². The number of rotatable bonds is 5. The first-order valence-electron chi connectivity index (χ1n) is 8.16. The van der Waals surface area contributed by atoms with Crippen LogP contribution in [0.5, 0.6) is 0 Å². The standard InChI is InChI=1S/C16H32N2O/c1-18(15-7-5-3-4-6-8-15)13-16(14-19-2)9-11-17-12-10-16/h15,17H,3-14H2,1-2H3. The number of methoxy groups -OCH3 is 1. The van der Waals surface area contributed by atoms with E-state index in [1.165, 1.54) is 57.9 Å². The zero-order valence-electron chi connectivity index (χ0n) is 12.9. The van der Waals surface area contributed by atoms with Crippen LogP contribution >= 0.6 is 0 Å². The Morgan fingerprint density at radius 1 is 1.11 bits per heavy atom. The van der Waals surface area contributed by atoms with Crippen molar-refractivity contribution in [3.05, 3.63) is 0 Å². The average molecular weight is 268 g/mol. The van der Waals surface area contributed by atoms with Gasteiger partial charge in [-0.05, 0) is 45.8 Å². The van der Waals surface area contributed by atoms with Crippen LogP contribution in [0.3, 0.4) is 0 Å². The molecule has 0 spiro atoms. The quantitative estimate of drug-likeness (QED) is 0.776. The van der Waals surface area contributed by atoms with Gasteiger partial charge in [0.05, 0.1) is 6.61 Å². The van der Waals surface area contributed by atoms with Crippen molar-refractivity contribution < 1.29 is 4.74 Å². The van der Waals surface area contributed by atoms with E-state index in [0.29, 0.717) is 5.41 Å². The van der Waals surface area contributed by atoms with Crippen LogP contribution in [-0.4, -0.2) is 51.3 Å². The lowest BCUT2D eigenvalue weighted by molar-refractivity contribution is 0.0168. The van der Waals surface area contributed by atoms with Gasteiger partial charge >= 0.3 is 0 Å². The molecule has 3 heteroatoms. The van der Waals surface area contributed by atoms with Crippen LogP contribution in [0.15, 0.2) is 0 Å². The van der Waals surface area contributed by atoms with Gasteiger partial charge in [-0.3, -0.25) is 0 Å². The molecule has 1 saturated heterocycles. The number of ether oxygens (including phenoxy) is 1. The van der Waals surface area contributed by atoms with Crippen molar-refractivity contribution in [2.45, 2.75) is 57.4 Å². The third-order valence-corrected chi connectivity index (χ3v) is 5.15. The molecule has 0 atom stereocenters. The molecule has 1 aliphatic heterocycles. The van der Waals surface area contributed by atoms with Crippen LogP contribution in [-0.2, 0) is 4.74 Å². The summed E-state index contributed by atoms with van der Waals surface area (Å²) < 4.78 is 5.54. The highest BCUT2D eigenvalue weighted by atomic mass is 16.5. The van der Waals surface area contributed by atoms with Crippen molar-refractivity contribution in [3.8, 4) is 0 Å². The van der Waals surface area contributed by atoms with E-state index >= 15 is 0 Å². The van der Waals surface area contributed by atoms with Crippen molar-refractivity contribution in [3.63, 3.8) is 0 Å². The second-order valence-electron chi connectivity index (χ2n) is 6.74. The molecule has 1 heterocycles. The van der Waals surface area contributed by atoms with E-state index in [9.17, 15) is 0 Å². The van der Waals surface area contributed by atoms with Crippen LogP contribution < -0.4 is 5.32 Å². The Balaban J connectivity index is 1.91. The third kappa shape index (κ3) is 4.44. The third-order valence-electron chi connectivity index (χ3n) is 5.15. The molecule has 1 aliphatic carbocycles. The lowest BCUT2D eigenvalue weighted by atomic mass is 9.79. The Morgan fingerprint density at radius 3 is 2.32 bits per heavy atom. The van der Waals surface area contributed by atoms with E-state index in [2.05, 4.69) is 17.3 Å². The molecule has 0 aromatic rings. The number of piperidine rings is 1. The van der Waals surface area contributed by atoms with Crippen LogP contribution in [0, 0.1) is 5.41 Å². The van der Waals surface area contributed by atoms with Crippen LogP contribution in [0.1, 0.15) is 51.4 Å². The first-order chi connectivity index (χ1) is 9.26. The molecule has 2 aliphatic rings. The van der Waals surface area contributed by atoms with Gasteiger partial charge in [0.1, 0.15) is 0 Å². The van der Waals surface area contributed by atoms with Crippen molar-refractivity contribution in [1.82, 2.24) is 10.2 Å². The fraction of sp³-hybridized carbons (Fsp3) is 1.00. The smallest absolute Gasteiger partial charge is 0.0531 e. The average Bonchev–Trinajstić information content (AvgIpc) is 2.69.